The first-order valence-electron chi connectivity index (χ1n) is 12.7. The molecule has 198 valence electrons. The maximum absolute atomic E-state index is 10.7. The van der Waals surface area contributed by atoms with Crippen molar-refractivity contribution in [1.82, 2.24) is 0 Å². The van der Waals surface area contributed by atoms with E-state index in [9.17, 15) is 15.3 Å². The molecule has 1 aliphatic rings. The van der Waals surface area contributed by atoms with Crippen LogP contribution < -0.4 is 4.74 Å². The van der Waals surface area contributed by atoms with E-state index in [1.807, 2.05) is 84.9 Å². The molecule has 1 heterocycles. The fraction of sp³-hybridized carbons (Fsp3) is 0.400. The normalized spacial score (nSPS) is 24.1. The number of ether oxygens (including phenoxy) is 4. The lowest BCUT2D eigenvalue weighted by Crippen LogP contribution is -2.59. The number of rotatable bonds is 11. The van der Waals surface area contributed by atoms with Gasteiger partial charge in [0.25, 0.3) is 0 Å². The van der Waals surface area contributed by atoms with Crippen LogP contribution in [0.5, 0.6) is 5.75 Å². The monoisotopic (exact) mass is 508 g/mol. The van der Waals surface area contributed by atoms with Crippen LogP contribution in [-0.2, 0) is 19.8 Å². The maximum atomic E-state index is 10.7. The smallest absolute Gasteiger partial charge is 0.186 e. The van der Waals surface area contributed by atoms with E-state index in [4.69, 9.17) is 18.9 Å². The van der Waals surface area contributed by atoms with Crippen LogP contribution in [0.2, 0.25) is 0 Å². The first kappa shape index (κ1) is 27.3. The molecule has 7 nitrogen and oxygen atoms in total. The predicted molar refractivity (Wildman–Crippen MR) is 139 cm³/mol. The minimum Gasteiger partial charge on any atom is -0.494 e. The number of unbranched alkanes of at least 4 members (excludes halogenated alkanes) is 1. The average molecular weight is 509 g/mol. The van der Waals surface area contributed by atoms with E-state index >= 15 is 0 Å². The summed E-state index contributed by atoms with van der Waals surface area (Å²) in [5.74, 6) is 0.776. The summed E-state index contributed by atoms with van der Waals surface area (Å²) in [6.07, 6.45) is -4.16. The fourth-order valence-corrected chi connectivity index (χ4v) is 4.67. The van der Waals surface area contributed by atoms with Crippen LogP contribution in [0, 0.1) is 0 Å². The Morgan fingerprint density at radius 3 is 1.86 bits per heavy atom. The second-order valence-corrected chi connectivity index (χ2v) is 9.20. The predicted octanol–water partition coefficient (Wildman–Crippen LogP) is 3.63. The summed E-state index contributed by atoms with van der Waals surface area (Å²) in [7, 11) is 1.37. The maximum Gasteiger partial charge on any atom is 0.186 e. The lowest BCUT2D eigenvalue weighted by molar-refractivity contribution is -0.299. The number of hydrogen-bond acceptors (Lipinski definition) is 7. The van der Waals surface area contributed by atoms with Gasteiger partial charge in [-0.1, -0.05) is 86.1 Å². The summed E-state index contributed by atoms with van der Waals surface area (Å²) in [5.41, 5.74) is 1.57. The van der Waals surface area contributed by atoms with Crippen LogP contribution in [-0.4, -0.2) is 66.3 Å². The Labute approximate surface area is 218 Å². The Hall–Kier alpha value is -2.78. The molecule has 3 aromatic carbocycles. The summed E-state index contributed by atoms with van der Waals surface area (Å²) in [5, 5.41) is 31.2. The van der Waals surface area contributed by atoms with E-state index in [-0.39, 0.29) is 6.61 Å². The van der Waals surface area contributed by atoms with E-state index in [0.717, 1.165) is 35.3 Å². The Balaban J connectivity index is 1.74. The molecule has 3 aromatic rings. The summed E-state index contributed by atoms with van der Waals surface area (Å²) >= 11 is 0. The first-order valence-corrected chi connectivity index (χ1v) is 12.7. The van der Waals surface area contributed by atoms with Gasteiger partial charge in [0, 0.05) is 7.11 Å². The molecule has 0 radical (unpaired) electrons. The molecule has 5 atom stereocenters. The molecular weight excluding hydrogens is 472 g/mol. The van der Waals surface area contributed by atoms with Crippen LogP contribution in [0.4, 0.5) is 0 Å². The lowest BCUT2D eigenvalue weighted by Gasteiger charge is -2.42. The zero-order valence-corrected chi connectivity index (χ0v) is 21.3. The number of aliphatic hydroxyl groups excluding tert-OH is 3. The third-order valence-electron chi connectivity index (χ3n) is 6.75. The van der Waals surface area contributed by atoms with Crippen molar-refractivity contribution in [1.29, 1.82) is 0 Å². The second-order valence-electron chi connectivity index (χ2n) is 9.20. The molecule has 3 N–H and O–H groups in total. The molecular formula is C30H36O7. The number of hydrogen-bond donors (Lipinski definition) is 3. The van der Waals surface area contributed by atoms with Gasteiger partial charge < -0.3 is 34.3 Å². The van der Waals surface area contributed by atoms with E-state index < -0.39 is 36.3 Å². The summed E-state index contributed by atoms with van der Waals surface area (Å²) in [6.45, 7) is 2.70. The van der Waals surface area contributed by atoms with Crippen molar-refractivity contribution in [3.63, 3.8) is 0 Å². The van der Waals surface area contributed by atoms with Crippen LogP contribution in [0.3, 0.4) is 0 Å². The highest BCUT2D eigenvalue weighted by molar-refractivity contribution is 5.48. The lowest BCUT2D eigenvalue weighted by atomic mass is 9.80. The van der Waals surface area contributed by atoms with Gasteiger partial charge in [-0.3, -0.25) is 0 Å². The Morgan fingerprint density at radius 2 is 1.32 bits per heavy atom. The van der Waals surface area contributed by atoms with E-state index in [0.29, 0.717) is 6.61 Å². The van der Waals surface area contributed by atoms with Crippen molar-refractivity contribution >= 4 is 0 Å². The van der Waals surface area contributed by atoms with Crippen LogP contribution in [0.25, 0.3) is 0 Å². The summed E-state index contributed by atoms with van der Waals surface area (Å²) in [4.78, 5) is 0. The highest BCUT2D eigenvalue weighted by atomic mass is 16.7. The number of benzene rings is 3. The quantitative estimate of drug-likeness (QED) is 0.269. The van der Waals surface area contributed by atoms with Crippen molar-refractivity contribution in [2.45, 2.75) is 56.1 Å². The largest absolute Gasteiger partial charge is 0.494 e. The molecule has 4 rings (SSSR count). The highest BCUT2D eigenvalue weighted by Gasteiger charge is 2.46. The van der Waals surface area contributed by atoms with Gasteiger partial charge >= 0.3 is 0 Å². The van der Waals surface area contributed by atoms with Gasteiger partial charge in [-0.05, 0) is 35.2 Å². The molecule has 0 bridgehead atoms. The van der Waals surface area contributed by atoms with E-state index in [2.05, 4.69) is 6.92 Å². The molecule has 1 fully saturated rings. The van der Waals surface area contributed by atoms with Gasteiger partial charge in [-0.2, -0.15) is 0 Å². The van der Waals surface area contributed by atoms with Crippen molar-refractivity contribution in [2.24, 2.45) is 0 Å². The van der Waals surface area contributed by atoms with Gasteiger partial charge in [-0.15, -0.1) is 0 Å². The molecule has 0 amide bonds. The molecule has 0 unspecified atom stereocenters. The molecule has 0 spiro atoms. The first-order chi connectivity index (χ1) is 18.0. The van der Waals surface area contributed by atoms with Crippen LogP contribution >= 0.6 is 0 Å². The highest BCUT2D eigenvalue weighted by Crippen LogP contribution is 2.41. The van der Waals surface area contributed by atoms with Crippen molar-refractivity contribution < 1.29 is 34.3 Å². The second kappa shape index (κ2) is 12.6. The van der Waals surface area contributed by atoms with Crippen LogP contribution in [0.1, 0.15) is 36.5 Å². The molecule has 7 heteroatoms. The third kappa shape index (κ3) is 5.88. The zero-order valence-electron chi connectivity index (χ0n) is 21.3. The SMILES string of the molecule is CCCCOc1ccc(C(OC[C@H]2O[C@H](OC)[C@H](O)[C@@H](O)[C@@H]2O)(c2ccccc2)c2ccccc2)cc1. The van der Waals surface area contributed by atoms with Gasteiger partial charge in [0.1, 0.15) is 35.8 Å². The van der Waals surface area contributed by atoms with Crippen molar-refractivity contribution in [2.75, 3.05) is 20.3 Å². The Bertz CT molecular complexity index is 1030. The summed E-state index contributed by atoms with van der Waals surface area (Å²) in [6, 6.07) is 27.5. The van der Waals surface area contributed by atoms with Gasteiger partial charge in [0.15, 0.2) is 6.29 Å². The van der Waals surface area contributed by atoms with Gasteiger partial charge in [-0.25, -0.2) is 0 Å². The minimum atomic E-state index is -1.44. The van der Waals surface area contributed by atoms with Crippen molar-refractivity contribution in [3.05, 3.63) is 102 Å². The fourth-order valence-electron chi connectivity index (χ4n) is 4.67. The van der Waals surface area contributed by atoms with E-state index in [1.54, 1.807) is 0 Å². The average Bonchev–Trinajstić information content (AvgIpc) is 2.95. The van der Waals surface area contributed by atoms with Gasteiger partial charge in [0.2, 0.25) is 0 Å². The number of aliphatic hydroxyl groups is 3. The molecule has 0 aliphatic carbocycles. The zero-order chi connectivity index (χ0) is 26.3. The topological polar surface area (TPSA) is 97.6 Å². The third-order valence-corrected chi connectivity index (χ3v) is 6.75. The minimum absolute atomic E-state index is 0.0800. The Morgan fingerprint density at radius 1 is 0.757 bits per heavy atom. The molecule has 1 aliphatic heterocycles. The molecule has 37 heavy (non-hydrogen) atoms. The number of methoxy groups -OCH3 is 1. The van der Waals surface area contributed by atoms with Crippen molar-refractivity contribution in [3.8, 4) is 5.75 Å². The van der Waals surface area contributed by atoms with Crippen LogP contribution in [0.15, 0.2) is 84.9 Å². The standard InChI is InChI=1S/C30H36O7/c1-3-4-19-35-24-17-15-23(16-18-24)30(21-11-7-5-8-12-21,22-13-9-6-10-14-22)36-20-25-26(31)27(32)28(33)29(34-2)37-25/h5-18,25-29,31-33H,3-4,19-20H2,1-2H3/t25-,26-,27+,28-,29+/m1/s1. The Kier molecular flexibility index (Phi) is 9.32. The van der Waals surface area contributed by atoms with Gasteiger partial charge in [0.05, 0.1) is 13.2 Å². The molecule has 0 aromatic heterocycles. The molecule has 0 saturated carbocycles. The van der Waals surface area contributed by atoms with E-state index in [1.165, 1.54) is 7.11 Å². The summed E-state index contributed by atoms with van der Waals surface area (Å²) < 4.78 is 23.6. The molecule has 1 saturated heterocycles.